The molecule has 2 N–H and O–H groups in total. The summed E-state index contributed by atoms with van der Waals surface area (Å²) in [5.41, 5.74) is 0. The fourth-order valence-corrected chi connectivity index (χ4v) is 2.20. The second-order valence-electron chi connectivity index (χ2n) is 4.43. The number of urea groups is 1. The van der Waals surface area contributed by atoms with Crippen LogP contribution in [-0.2, 0) is 4.79 Å². The molecule has 0 aromatic carbocycles. The van der Waals surface area contributed by atoms with Gasteiger partial charge in [-0.15, -0.1) is 5.92 Å². The molecule has 5 heteroatoms. The van der Waals surface area contributed by atoms with Crippen LogP contribution in [0.25, 0.3) is 0 Å². The Morgan fingerprint density at radius 3 is 2.78 bits per heavy atom. The SMILES string of the molecule is CC#CCNC(=O)N1CCC(CC)CC1C(=O)O. The van der Waals surface area contributed by atoms with Crippen LogP contribution < -0.4 is 5.32 Å². The predicted octanol–water partition coefficient (Wildman–Crippen LogP) is 1.29. The van der Waals surface area contributed by atoms with E-state index in [0.29, 0.717) is 18.9 Å². The highest BCUT2D eigenvalue weighted by atomic mass is 16.4. The van der Waals surface area contributed by atoms with Gasteiger partial charge in [0.2, 0.25) is 0 Å². The van der Waals surface area contributed by atoms with E-state index in [0.717, 1.165) is 12.8 Å². The van der Waals surface area contributed by atoms with Gasteiger partial charge in [0.1, 0.15) is 6.04 Å². The maximum atomic E-state index is 11.9. The van der Waals surface area contributed by atoms with Gasteiger partial charge < -0.3 is 15.3 Å². The van der Waals surface area contributed by atoms with E-state index in [-0.39, 0.29) is 12.6 Å². The zero-order valence-electron chi connectivity index (χ0n) is 10.9. The lowest BCUT2D eigenvalue weighted by Crippen LogP contribution is -2.53. The first-order valence-electron chi connectivity index (χ1n) is 6.27. The quantitative estimate of drug-likeness (QED) is 0.744. The number of likely N-dealkylation sites (tertiary alicyclic amines) is 1. The van der Waals surface area contributed by atoms with Crippen molar-refractivity contribution in [3.8, 4) is 11.8 Å². The lowest BCUT2D eigenvalue weighted by atomic mass is 9.89. The van der Waals surface area contributed by atoms with E-state index in [4.69, 9.17) is 0 Å². The van der Waals surface area contributed by atoms with Crippen molar-refractivity contribution >= 4 is 12.0 Å². The normalized spacial score (nSPS) is 22.9. The average molecular weight is 252 g/mol. The number of carbonyl (C=O) groups is 2. The van der Waals surface area contributed by atoms with Crippen molar-refractivity contribution in [1.82, 2.24) is 10.2 Å². The van der Waals surface area contributed by atoms with Crippen LogP contribution in [-0.4, -0.2) is 41.1 Å². The van der Waals surface area contributed by atoms with Crippen LogP contribution in [0, 0.1) is 17.8 Å². The summed E-state index contributed by atoms with van der Waals surface area (Å²) >= 11 is 0. The number of rotatable bonds is 3. The molecule has 1 aliphatic rings. The van der Waals surface area contributed by atoms with E-state index in [1.807, 2.05) is 0 Å². The molecule has 1 fully saturated rings. The summed E-state index contributed by atoms with van der Waals surface area (Å²) in [6.07, 6.45) is 2.37. The lowest BCUT2D eigenvalue weighted by molar-refractivity contribution is -0.144. The zero-order valence-corrected chi connectivity index (χ0v) is 10.9. The number of amides is 2. The summed E-state index contributed by atoms with van der Waals surface area (Å²) < 4.78 is 0. The van der Waals surface area contributed by atoms with Crippen LogP contribution >= 0.6 is 0 Å². The fraction of sp³-hybridized carbons (Fsp3) is 0.692. The third-order valence-corrected chi connectivity index (χ3v) is 3.34. The number of carboxylic acid groups (broad SMARTS) is 1. The number of nitrogens with zero attached hydrogens (tertiary/aromatic N) is 1. The molecule has 18 heavy (non-hydrogen) atoms. The molecule has 0 aromatic heterocycles. The largest absolute Gasteiger partial charge is 0.480 e. The van der Waals surface area contributed by atoms with Crippen molar-refractivity contribution < 1.29 is 14.7 Å². The van der Waals surface area contributed by atoms with Crippen LogP contribution in [0.15, 0.2) is 0 Å². The predicted molar refractivity (Wildman–Crippen MR) is 68.0 cm³/mol. The van der Waals surface area contributed by atoms with Gasteiger partial charge in [-0.2, -0.15) is 0 Å². The average Bonchev–Trinajstić information content (AvgIpc) is 2.38. The monoisotopic (exact) mass is 252 g/mol. The maximum Gasteiger partial charge on any atom is 0.326 e. The third kappa shape index (κ3) is 3.66. The van der Waals surface area contributed by atoms with Crippen molar-refractivity contribution in [2.75, 3.05) is 13.1 Å². The maximum absolute atomic E-state index is 11.9. The Bertz CT molecular complexity index is 370. The highest BCUT2D eigenvalue weighted by molar-refractivity contribution is 5.83. The molecule has 0 aliphatic carbocycles. The van der Waals surface area contributed by atoms with Crippen LogP contribution in [0.3, 0.4) is 0 Å². The van der Waals surface area contributed by atoms with Gasteiger partial charge in [-0.05, 0) is 25.7 Å². The highest BCUT2D eigenvalue weighted by Crippen LogP contribution is 2.25. The summed E-state index contributed by atoms with van der Waals surface area (Å²) in [7, 11) is 0. The number of carboxylic acids is 1. The number of hydrogen-bond donors (Lipinski definition) is 2. The Morgan fingerprint density at radius 2 is 2.22 bits per heavy atom. The molecular weight excluding hydrogens is 232 g/mol. The Kier molecular flexibility index (Phi) is 5.50. The minimum atomic E-state index is -0.926. The Hall–Kier alpha value is -1.70. The van der Waals surface area contributed by atoms with Gasteiger partial charge in [0, 0.05) is 6.54 Å². The molecule has 2 unspecified atom stereocenters. The van der Waals surface area contributed by atoms with Crippen molar-refractivity contribution in [2.24, 2.45) is 5.92 Å². The first-order chi connectivity index (χ1) is 8.60. The highest BCUT2D eigenvalue weighted by Gasteiger charge is 2.35. The molecule has 1 rings (SSSR count). The van der Waals surface area contributed by atoms with Gasteiger partial charge >= 0.3 is 12.0 Å². The number of piperidine rings is 1. The van der Waals surface area contributed by atoms with Crippen molar-refractivity contribution in [2.45, 2.75) is 39.2 Å². The van der Waals surface area contributed by atoms with Crippen LogP contribution in [0.5, 0.6) is 0 Å². The summed E-state index contributed by atoms with van der Waals surface area (Å²) in [6, 6.07) is -1.04. The molecule has 0 spiro atoms. The zero-order chi connectivity index (χ0) is 13.5. The smallest absolute Gasteiger partial charge is 0.326 e. The first kappa shape index (κ1) is 14.4. The molecule has 1 saturated heterocycles. The number of aliphatic carboxylic acids is 1. The van der Waals surface area contributed by atoms with E-state index in [1.165, 1.54) is 4.90 Å². The van der Waals surface area contributed by atoms with Crippen molar-refractivity contribution in [3.63, 3.8) is 0 Å². The van der Waals surface area contributed by atoms with Crippen LogP contribution in [0.4, 0.5) is 4.79 Å². The van der Waals surface area contributed by atoms with Crippen LogP contribution in [0.2, 0.25) is 0 Å². The van der Waals surface area contributed by atoms with E-state index < -0.39 is 12.0 Å². The second-order valence-corrected chi connectivity index (χ2v) is 4.43. The van der Waals surface area contributed by atoms with E-state index in [9.17, 15) is 14.7 Å². The number of nitrogens with one attached hydrogen (secondary N) is 1. The fourth-order valence-electron chi connectivity index (χ4n) is 2.20. The topological polar surface area (TPSA) is 69.6 Å². The Labute approximate surface area is 108 Å². The van der Waals surface area contributed by atoms with E-state index in [1.54, 1.807) is 6.92 Å². The molecule has 2 amide bonds. The molecule has 1 heterocycles. The molecule has 1 aliphatic heterocycles. The van der Waals surface area contributed by atoms with Crippen molar-refractivity contribution in [1.29, 1.82) is 0 Å². The third-order valence-electron chi connectivity index (χ3n) is 3.34. The van der Waals surface area contributed by atoms with Gasteiger partial charge in [0.15, 0.2) is 0 Å². The molecule has 0 saturated carbocycles. The number of hydrogen-bond acceptors (Lipinski definition) is 2. The van der Waals surface area contributed by atoms with Gasteiger partial charge in [-0.25, -0.2) is 9.59 Å². The molecule has 5 nitrogen and oxygen atoms in total. The van der Waals surface area contributed by atoms with E-state index in [2.05, 4.69) is 24.1 Å². The van der Waals surface area contributed by atoms with Gasteiger partial charge in [0.25, 0.3) is 0 Å². The molecular formula is C13H20N2O3. The number of carbonyl (C=O) groups excluding carboxylic acids is 1. The van der Waals surface area contributed by atoms with Gasteiger partial charge in [-0.1, -0.05) is 19.3 Å². The molecule has 100 valence electrons. The summed E-state index contributed by atoms with van der Waals surface area (Å²) in [4.78, 5) is 24.5. The molecule has 0 radical (unpaired) electrons. The minimum absolute atomic E-state index is 0.259. The molecule has 2 atom stereocenters. The van der Waals surface area contributed by atoms with Gasteiger partial charge in [0.05, 0.1) is 6.54 Å². The second kappa shape index (κ2) is 6.90. The molecule has 0 bridgehead atoms. The summed E-state index contributed by atoms with van der Waals surface area (Å²) in [6.45, 7) is 4.51. The van der Waals surface area contributed by atoms with Crippen molar-refractivity contribution in [3.05, 3.63) is 0 Å². The van der Waals surface area contributed by atoms with Crippen LogP contribution in [0.1, 0.15) is 33.1 Å². The standard InChI is InChI=1S/C13H20N2O3/c1-3-5-7-14-13(18)15-8-6-10(4-2)9-11(15)12(16)17/h10-11H,4,6-9H2,1-2H3,(H,14,18)(H,16,17). The minimum Gasteiger partial charge on any atom is -0.480 e. The lowest BCUT2D eigenvalue weighted by Gasteiger charge is -2.36. The van der Waals surface area contributed by atoms with Gasteiger partial charge in [-0.3, -0.25) is 0 Å². The first-order valence-corrected chi connectivity index (χ1v) is 6.27. The summed E-state index contributed by atoms with van der Waals surface area (Å²) in [5, 5.41) is 11.8. The van der Waals surface area contributed by atoms with E-state index >= 15 is 0 Å². The summed E-state index contributed by atoms with van der Waals surface area (Å²) in [5.74, 6) is 4.87. The Balaban J connectivity index is 2.63. The molecule has 0 aromatic rings. The Morgan fingerprint density at radius 1 is 1.50 bits per heavy atom.